The lowest BCUT2D eigenvalue weighted by Crippen LogP contribution is -2.25. The van der Waals surface area contributed by atoms with Gasteiger partial charge in [-0.2, -0.15) is 0 Å². The van der Waals surface area contributed by atoms with E-state index in [0.717, 1.165) is 18.6 Å². The molecule has 1 unspecified atom stereocenters. The number of hydrogen-bond donors (Lipinski definition) is 1. The van der Waals surface area contributed by atoms with Gasteiger partial charge >= 0.3 is 0 Å². The Kier molecular flexibility index (Phi) is 4.08. The van der Waals surface area contributed by atoms with Crippen LogP contribution in [0.25, 0.3) is 0 Å². The molecule has 2 nitrogen and oxygen atoms in total. The zero-order valence-corrected chi connectivity index (χ0v) is 9.99. The highest BCUT2D eigenvalue weighted by atomic mass is 35.5. The molecule has 3 heteroatoms. The minimum Gasteiger partial charge on any atom is -0.491 e. The van der Waals surface area contributed by atoms with E-state index < -0.39 is 0 Å². The molecule has 0 radical (unpaired) electrons. The van der Waals surface area contributed by atoms with Crippen molar-refractivity contribution < 1.29 is 9.84 Å². The Balaban J connectivity index is 1.80. The summed E-state index contributed by atoms with van der Waals surface area (Å²) in [5.41, 5.74) is 0. The number of rotatable bonds is 4. The maximum absolute atomic E-state index is 9.91. The van der Waals surface area contributed by atoms with Gasteiger partial charge in [0, 0.05) is 5.02 Å². The molecule has 16 heavy (non-hydrogen) atoms. The fourth-order valence-electron chi connectivity index (χ4n) is 2.19. The van der Waals surface area contributed by atoms with Crippen molar-refractivity contribution in [3.8, 4) is 5.75 Å². The van der Waals surface area contributed by atoms with Crippen LogP contribution < -0.4 is 4.74 Å². The van der Waals surface area contributed by atoms with Crippen molar-refractivity contribution in [1.82, 2.24) is 0 Å². The highest BCUT2D eigenvalue weighted by Crippen LogP contribution is 2.28. The van der Waals surface area contributed by atoms with Crippen LogP contribution in [0.1, 0.15) is 25.7 Å². The Bertz CT molecular complexity index is 317. The standard InChI is InChI=1S/C13H17ClO2/c14-11-5-7-12(8-6-11)16-9-13(15)10-3-1-2-4-10/h5-8,10,13,15H,1-4,9H2. The molecule has 0 spiro atoms. The van der Waals surface area contributed by atoms with Gasteiger partial charge in [0.25, 0.3) is 0 Å². The number of ether oxygens (including phenoxy) is 1. The van der Waals surface area contributed by atoms with Crippen LogP contribution in [0.15, 0.2) is 24.3 Å². The largest absolute Gasteiger partial charge is 0.491 e. The molecule has 0 aromatic heterocycles. The summed E-state index contributed by atoms with van der Waals surface area (Å²) in [6, 6.07) is 7.23. The average Bonchev–Trinajstić information content (AvgIpc) is 2.81. The lowest BCUT2D eigenvalue weighted by Gasteiger charge is -2.18. The SMILES string of the molecule is OC(COc1ccc(Cl)cc1)C1CCCC1. The fourth-order valence-corrected chi connectivity index (χ4v) is 2.32. The van der Waals surface area contributed by atoms with Crippen LogP contribution in [0.3, 0.4) is 0 Å². The van der Waals surface area contributed by atoms with E-state index in [-0.39, 0.29) is 6.10 Å². The summed E-state index contributed by atoms with van der Waals surface area (Å²) in [4.78, 5) is 0. The lowest BCUT2D eigenvalue weighted by molar-refractivity contribution is 0.0593. The normalized spacial score (nSPS) is 18.6. The molecule has 1 fully saturated rings. The minimum atomic E-state index is -0.335. The first-order chi connectivity index (χ1) is 7.75. The number of benzene rings is 1. The van der Waals surface area contributed by atoms with Gasteiger partial charge in [-0.3, -0.25) is 0 Å². The summed E-state index contributed by atoms with van der Waals surface area (Å²) in [5.74, 6) is 1.19. The van der Waals surface area contributed by atoms with Crippen molar-refractivity contribution in [2.24, 2.45) is 5.92 Å². The monoisotopic (exact) mass is 240 g/mol. The van der Waals surface area contributed by atoms with Gasteiger partial charge in [0.15, 0.2) is 0 Å². The van der Waals surface area contributed by atoms with E-state index in [1.807, 2.05) is 12.1 Å². The average molecular weight is 241 g/mol. The van der Waals surface area contributed by atoms with Gasteiger partial charge in [-0.05, 0) is 43.0 Å². The van der Waals surface area contributed by atoms with E-state index in [0.29, 0.717) is 17.5 Å². The Labute approximate surface area is 101 Å². The third-order valence-electron chi connectivity index (χ3n) is 3.18. The van der Waals surface area contributed by atoms with Crippen molar-refractivity contribution in [3.63, 3.8) is 0 Å². The molecule has 1 saturated carbocycles. The molecule has 1 N–H and O–H groups in total. The molecular weight excluding hydrogens is 224 g/mol. The third kappa shape index (κ3) is 3.13. The van der Waals surface area contributed by atoms with Crippen LogP contribution in [0, 0.1) is 5.92 Å². The molecule has 0 heterocycles. The summed E-state index contributed by atoms with van der Waals surface area (Å²) < 4.78 is 5.53. The lowest BCUT2D eigenvalue weighted by atomic mass is 10.0. The first-order valence-corrected chi connectivity index (χ1v) is 6.20. The zero-order valence-electron chi connectivity index (χ0n) is 9.23. The first kappa shape index (κ1) is 11.7. The van der Waals surface area contributed by atoms with Crippen molar-refractivity contribution in [3.05, 3.63) is 29.3 Å². The van der Waals surface area contributed by atoms with Gasteiger partial charge in [0.1, 0.15) is 12.4 Å². The Morgan fingerprint density at radius 2 is 1.88 bits per heavy atom. The molecule has 0 saturated heterocycles. The van der Waals surface area contributed by atoms with Crippen LogP contribution >= 0.6 is 11.6 Å². The maximum Gasteiger partial charge on any atom is 0.119 e. The summed E-state index contributed by atoms with van der Waals surface area (Å²) in [7, 11) is 0. The molecule has 2 rings (SSSR count). The van der Waals surface area contributed by atoms with Gasteiger partial charge in [0.2, 0.25) is 0 Å². The maximum atomic E-state index is 9.91. The van der Waals surface area contributed by atoms with Gasteiger partial charge in [-0.1, -0.05) is 24.4 Å². The van der Waals surface area contributed by atoms with Gasteiger partial charge in [0.05, 0.1) is 6.10 Å². The van der Waals surface area contributed by atoms with Crippen LogP contribution in [-0.4, -0.2) is 17.8 Å². The van der Waals surface area contributed by atoms with E-state index in [4.69, 9.17) is 16.3 Å². The molecular formula is C13H17ClO2. The molecule has 0 amide bonds. The Hall–Kier alpha value is -0.730. The molecule has 1 atom stereocenters. The van der Waals surface area contributed by atoms with Gasteiger partial charge in [-0.15, -0.1) is 0 Å². The number of aliphatic hydroxyl groups is 1. The van der Waals surface area contributed by atoms with E-state index >= 15 is 0 Å². The highest BCUT2D eigenvalue weighted by Gasteiger charge is 2.23. The molecule has 0 bridgehead atoms. The molecule has 0 aliphatic heterocycles. The minimum absolute atomic E-state index is 0.335. The van der Waals surface area contributed by atoms with Crippen LogP contribution in [0.2, 0.25) is 5.02 Å². The third-order valence-corrected chi connectivity index (χ3v) is 3.43. The summed E-state index contributed by atoms with van der Waals surface area (Å²) in [6.07, 6.45) is 4.40. The van der Waals surface area contributed by atoms with E-state index in [1.54, 1.807) is 12.1 Å². The highest BCUT2D eigenvalue weighted by molar-refractivity contribution is 6.30. The smallest absolute Gasteiger partial charge is 0.119 e. The summed E-state index contributed by atoms with van der Waals surface area (Å²) in [5, 5.41) is 10.6. The topological polar surface area (TPSA) is 29.5 Å². The molecule has 1 aromatic rings. The van der Waals surface area contributed by atoms with Gasteiger partial charge in [-0.25, -0.2) is 0 Å². The van der Waals surface area contributed by atoms with E-state index in [9.17, 15) is 5.11 Å². The number of halogens is 1. The second kappa shape index (κ2) is 5.55. The van der Waals surface area contributed by atoms with Crippen LogP contribution in [-0.2, 0) is 0 Å². The molecule has 88 valence electrons. The second-order valence-corrected chi connectivity index (χ2v) is 4.81. The molecule has 1 aliphatic rings. The van der Waals surface area contributed by atoms with Crippen LogP contribution in [0.5, 0.6) is 5.75 Å². The van der Waals surface area contributed by atoms with Crippen molar-refractivity contribution in [1.29, 1.82) is 0 Å². The summed E-state index contributed by atoms with van der Waals surface area (Å²) in [6.45, 7) is 0.381. The van der Waals surface area contributed by atoms with Crippen molar-refractivity contribution >= 4 is 11.6 Å². The predicted octanol–water partition coefficient (Wildman–Crippen LogP) is 3.27. The summed E-state index contributed by atoms with van der Waals surface area (Å²) >= 11 is 5.77. The van der Waals surface area contributed by atoms with Crippen molar-refractivity contribution in [2.75, 3.05) is 6.61 Å². The number of hydrogen-bond acceptors (Lipinski definition) is 2. The number of aliphatic hydroxyl groups excluding tert-OH is 1. The van der Waals surface area contributed by atoms with E-state index in [1.165, 1.54) is 12.8 Å². The van der Waals surface area contributed by atoms with E-state index in [2.05, 4.69) is 0 Å². The quantitative estimate of drug-likeness (QED) is 0.875. The Morgan fingerprint density at radius 1 is 1.25 bits per heavy atom. The second-order valence-electron chi connectivity index (χ2n) is 4.38. The zero-order chi connectivity index (χ0) is 11.4. The Morgan fingerprint density at radius 3 is 2.50 bits per heavy atom. The van der Waals surface area contributed by atoms with Gasteiger partial charge < -0.3 is 9.84 Å². The first-order valence-electron chi connectivity index (χ1n) is 5.82. The molecule has 1 aliphatic carbocycles. The fraction of sp³-hybridized carbons (Fsp3) is 0.538. The molecule has 1 aromatic carbocycles. The predicted molar refractivity (Wildman–Crippen MR) is 64.9 cm³/mol. The van der Waals surface area contributed by atoms with Crippen molar-refractivity contribution in [2.45, 2.75) is 31.8 Å². The van der Waals surface area contributed by atoms with Crippen LogP contribution in [0.4, 0.5) is 0 Å².